The van der Waals surface area contributed by atoms with Crippen molar-refractivity contribution >= 4 is 38.5 Å². The van der Waals surface area contributed by atoms with E-state index in [1.807, 2.05) is 18.2 Å². The molecule has 5 aromatic rings. The first-order valence-electron chi connectivity index (χ1n) is 7.29. The summed E-state index contributed by atoms with van der Waals surface area (Å²) < 4.78 is 2.22. The normalized spacial score (nSPS) is 11.3. The van der Waals surface area contributed by atoms with E-state index in [9.17, 15) is 0 Å². The molecule has 0 atom stereocenters. The van der Waals surface area contributed by atoms with Crippen molar-refractivity contribution in [2.75, 3.05) is 0 Å². The summed E-state index contributed by atoms with van der Waals surface area (Å²) in [7, 11) is 0. The second-order valence-electron chi connectivity index (χ2n) is 5.54. The largest absolute Gasteiger partial charge is 0.351 e. The van der Waals surface area contributed by atoms with E-state index in [0.717, 1.165) is 33.1 Å². The summed E-state index contributed by atoms with van der Waals surface area (Å²) in [6.07, 6.45) is 1.80. The third kappa shape index (κ3) is 1.86. The van der Waals surface area contributed by atoms with Crippen molar-refractivity contribution in [2.45, 2.75) is 6.92 Å². The van der Waals surface area contributed by atoms with Gasteiger partial charge in [-0.1, -0.05) is 35.8 Å². The fourth-order valence-electron chi connectivity index (χ4n) is 3.31. The Hall–Kier alpha value is -2.29. The van der Waals surface area contributed by atoms with Gasteiger partial charge in [-0.05, 0) is 41.6 Å². The zero-order valence-corrected chi connectivity index (χ0v) is 14.8. The van der Waals surface area contributed by atoms with Gasteiger partial charge in [-0.25, -0.2) is 0 Å². The van der Waals surface area contributed by atoms with Gasteiger partial charge in [0, 0.05) is 25.6 Å². The van der Waals surface area contributed by atoms with Crippen LogP contribution in [-0.2, 0) is 20.1 Å². The number of aromatic nitrogens is 3. The quantitative estimate of drug-likeness (QED) is 0.248. The number of aryl methyl sites for hydroxylation is 1. The number of rotatable bonds is 0. The van der Waals surface area contributed by atoms with E-state index in [4.69, 9.17) is 4.98 Å². The molecule has 0 unspecified atom stereocenters. The molecule has 4 heteroatoms. The Morgan fingerprint density at radius 2 is 1.83 bits per heavy atom. The maximum atomic E-state index is 4.81. The number of fused-ring (bicyclic) bond motifs is 8. The number of imidazole rings is 1. The summed E-state index contributed by atoms with van der Waals surface area (Å²) in [6, 6.07) is 19.8. The van der Waals surface area contributed by atoms with Crippen LogP contribution >= 0.6 is 0 Å². The number of benzene rings is 2. The third-order valence-electron chi connectivity index (χ3n) is 4.26. The van der Waals surface area contributed by atoms with Crippen molar-refractivity contribution < 1.29 is 20.1 Å². The summed E-state index contributed by atoms with van der Waals surface area (Å²) in [5, 5.41) is 2.14. The first-order valence-corrected chi connectivity index (χ1v) is 7.29. The molecule has 0 spiro atoms. The molecule has 0 amide bonds. The van der Waals surface area contributed by atoms with Crippen LogP contribution in [0.5, 0.6) is 0 Å². The van der Waals surface area contributed by atoms with Gasteiger partial charge >= 0.3 is 0 Å². The minimum absolute atomic E-state index is 0. The molecule has 0 aliphatic carbocycles. The van der Waals surface area contributed by atoms with Gasteiger partial charge in [-0.15, -0.1) is 12.1 Å². The molecule has 0 N–H and O–H groups in total. The van der Waals surface area contributed by atoms with Gasteiger partial charge in [0.05, 0.1) is 16.7 Å². The Bertz CT molecular complexity index is 1190. The van der Waals surface area contributed by atoms with E-state index < -0.39 is 0 Å². The summed E-state index contributed by atoms with van der Waals surface area (Å²) in [4.78, 5) is 9.42. The van der Waals surface area contributed by atoms with Crippen molar-refractivity contribution in [3.63, 3.8) is 0 Å². The molecule has 0 bridgehead atoms. The molecule has 0 fully saturated rings. The fourth-order valence-corrected chi connectivity index (χ4v) is 3.31. The monoisotopic (exact) mass is 475 g/mol. The van der Waals surface area contributed by atoms with E-state index in [1.165, 1.54) is 10.9 Å². The zero-order valence-electron chi connectivity index (χ0n) is 12.4. The summed E-state index contributed by atoms with van der Waals surface area (Å²) in [6.45, 7) is 2.13. The predicted octanol–water partition coefficient (Wildman–Crippen LogP) is 4.30. The smallest absolute Gasteiger partial charge is 0.0774 e. The molecular formula is C19H12IrN3-. The number of nitrogens with zero attached hydrogens (tertiary/aromatic N) is 3. The van der Waals surface area contributed by atoms with E-state index in [-0.39, 0.29) is 20.1 Å². The van der Waals surface area contributed by atoms with Gasteiger partial charge in [0.25, 0.3) is 0 Å². The van der Waals surface area contributed by atoms with E-state index in [2.05, 4.69) is 52.7 Å². The number of para-hydroxylation sites is 2. The maximum Gasteiger partial charge on any atom is 0.0774 e. The molecule has 23 heavy (non-hydrogen) atoms. The average molecular weight is 475 g/mol. The maximum absolute atomic E-state index is 4.81. The number of hydrogen-bond acceptors (Lipinski definition) is 2. The van der Waals surface area contributed by atoms with Gasteiger partial charge in [-0.2, -0.15) is 0 Å². The van der Waals surface area contributed by atoms with Crippen LogP contribution < -0.4 is 0 Å². The van der Waals surface area contributed by atoms with E-state index in [0.29, 0.717) is 0 Å². The summed E-state index contributed by atoms with van der Waals surface area (Å²) in [5.41, 5.74) is 6.36. The molecule has 1 radical (unpaired) electrons. The molecule has 0 aliphatic rings. The summed E-state index contributed by atoms with van der Waals surface area (Å²) in [5.74, 6) is 0. The average Bonchev–Trinajstić information content (AvgIpc) is 2.95. The number of hydrogen-bond donors (Lipinski definition) is 0. The molecular weight excluding hydrogens is 462 g/mol. The Kier molecular flexibility index (Phi) is 3.19. The standard InChI is InChI=1S/C19H12N3.Ir/c1-12-6-4-10-16-17(12)18-13(7-5-11-20-18)19-21-14-8-2-3-9-15(14)22(16)19;/h2-6,8-11H,1H3;/q-1;. The molecule has 3 nitrogen and oxygen atoms in total. The van der Waals surface area contributed by atoms with Gasteiger partial charge in [0.15, 0.2) is 0 Å². The van der Waals surface area contributed by atoms with Crippen molar-refractivity contribution in [2.24, 2.45) is 0 Å². The zero-order chi connectivity index (χ0) is 14.7. The van der Waals surface area contributed by atoms with Crippen LogP contribution in [0.15, 0.2) is 54.7 Å². The predicted molar refractivity (Wildman–Crippen MR) is 89.1 cm³/mol. The fraction of sp³-hybridized carbons (Fsp3) is 0.0526. The minimum atomic E-state index is 0. The van der Waals surface area contributed by atoms with Gasteiger partial charge in [-0.3, -0.25) is 4.98 Å². The molecule has 0 saturated heterocycles. The molecule has 0 saturated carbocycles. The second kappa shape index (κ2) is 5.12. The Labute approximate surface area is 146 Å². The SMILES string of the molecule is Cc1cccc2c1c1ncc[c-]c1c1nc3ccccc3n21.[Ir]. The molecule has 5 rings (SSSR count). The molecule has 2 aromatic carbocycles. The summed E-state index contributed by atoms with van der Waals surface area (Å²) >= 11 is 0. The third-order valence-corrected chi connectivity index (χ3v) is 4.26. The van der Waals surface area contributed by atoms with E-state index in [1.54, 1.807) is 6.20 Å². The van der Waals surface area contributed by atoms with E-state index >= 15 is 0 Å². The van der Waals surface area contributed by atoms with Crippen LogP contribution in [0.25, 0.3) is 38.5 Å². The van der Waals surface area contributed by atoms with Crippen LogP contribution in [0.3, 0.4) is 0 Å². The van der Waals surface area contributed by atoms with Crippen molar-refractivity contribution in [1.29, 1.82) is 0 Å². The second-order valence-corrected chi connectivity index (χ2v) is 5.54. The Balaban J connectivity index is 0.00000135. The Morgan fingerprint density at radius 1 is 1.00 bits per heavy atom. The van der Waals surface area contributed by atoms with Crippen molar-refractivity contribution in [1.82, 2.24) is 14.4 Å². The van der Waals surface area contributed by atoms with Gasteiger partial charge in [0.2, 0.25) is 0 Å². The molecule has 113 valence electrons. The van der Waals surface area contributed by atoms with Crippen LogP contribution in [0, 0.1) is 13.0 Å². The van der Waals surface area contributed by atoms with Crippen LogP contribution in [0.1, 0.15) is 5.56 Å². The topological polar surface area (TPSA) is 30.2 Å². The van der Waals surface area contributed by atoms with Crippen LogP contribution in [-0.4, -0.2) is 14.4 Å². The van der Waals surface area contributed by atoms with Gasteiger partial charge < -0.3 is 9.38 Å². The first-order chi connectivity index (χ1) is 10.8. The molecule has 0 aliphatic heterocycles. The minimum Gasteiger partial charge on any atom is -0.351 e. The van der Waals surface area contributed by atoms with Crippen LogP contribution in [0.4, 0.5) is 0 Å². The molecule has 3 aromatic heterocycles. The van der Waals surface area contributed by atoms with Gasteiger partial charge in [0.1, 0.15) is 0 Å². The van der Waals surface area contributed by atoms with Crippen molar-refractivity contribution in [3.8, 4) is 0 Å². The Morgan fingerprint density at radius 3 is 2.74 bits per heavy atom. The van der Waals surface area contributed by atoms with Crippen LogP contribution in [0.2, 0.25) is 0 Å². The molecule has 3 heterocycles. The van der Waals surface area contributed by atoms with Crippen molar-refractivity contribution in [3.05, 3.63) is 66.4 Å². The number of pyridine rings is 2. The first kappa shape index (κ1) is 14.3.